The standard InChI is InChI=1S/C17H23N3O2S/c1-12(2)22-14-5-3-13(4-6-14)16-15(23-17(21)19-16)11-20-9-7-18-8-10-20/h3-6,12,18H,7-11H2,1-2H3,(H,19,21). The van der Waals surface area contributed by atoms with Gasteiger partial charge in [-0.25, -0.2) is 0 Å². The molecule has 0 amide bonds. The monoisotopic (exact) mass is 333 g/mol. The van der Waals surface area contributed by atoms with E-state index in [0.717, 1.165) is 54.6 Å². The van der Waals surface area contributed by atoms with Crippen LogP contribution in [0.2, 0.25) is 0 Å². The fourth-order valence-corrected chi connectivity index (χ4v) is 3.64. The zero-order valence-corrected chi connectivity index (χ0v) is 14.4. The number of hydrogen-bond donors (Lipinski definition) is 2. The summed E-state index contributed by atoms with van der Waals surface area (Å²) in [5, 5.41) is 3.35. The Morgan fingerprint density at radius 2 is 1.91 bits per heavy atom. The first-order chi connectivity index (χ1) is 11.1. The second kappa shape index (κ2) is 7.29. The highest BCUT2D eigenvalue weighted by Gasteiger charge is 2.16. The third kappa shape index (κ3) is 4.22. The van der Waals surface area contributed by atoms with Crippen LogP contribution in [0.4, 0.5) is 0 Å². The Morgan fingerprint density at radius 1 is 1.22 bits per heavy atom. The highest BCUT2D eigenvalue weighted by molar-refractivity contribution is 7.09. The van der Waals surface area contributed by atoms with Crippen molar-refractivity contribution in [1.29, 1.82) is 0 Å². The number of benzene rings is 1. The summed E-state index contributed by atoms with van der Waals surface area (Å²) in [7, 11) is 0. The van der Waals surface area contributed by atoms with Crippen molar-refractivity contribution in [1.82, 2.24) is 15.2 Å². The number of hydrogen-bond acceptors (Lipinski definition) is 5. The molecule has 6 heteroatoms. The van der Waals surface area contributed by atoms with E-state index in [1.807, 2.05) is 38.1 Å². The molecule has 0 unspecified atom stereocenters. The fourth-order valence-electron chi connectivity index (χ4n) is 2.75. The first-order valence-corrected chi connectivity index (χ1v) is 8.85. The van der Waals surface area contributed by atoms with E-state index in [2.05, 4.69) is 15.2 Å². The summed E-state index contributed by atoms with van der Waals surface area (Å²) in [6.45, 7) is 8.90. The number of aromatic nitrogens is 1. The number of ether oxygens (including phenoxy) is 1. The van der Waals surface area contributed by atoms with Crippen molar-refractivity contribution < 1.29 is 4.74 Å². The molecule has 0 spiro atoms. The molecule has 1 fully saturated rings. The Balaban J connectivity index is 1.80. The van der Waals surface area contributed by atoms with Crippen LogP contribution in [0, 0.1) is 0 Å². The average molecular weight is 333 g/mol. The largest absolute Gasteiger partial charge is 0.491 e. The predicted octanol–water partition coefficient (Wildman–Crippen LogP) is 2.30. The summed E-state index contributed by atoms with van der Waals surface area (Å²) in [6.07, 6.45) is 0.157. The van der Waals surface area contributed by atoms with Gasteiger partial charge in [-0.3, -0.25) is 9.69 Å². The minimum absolute atomic E-state index is 0.00708. The summed E-state index contributed by atoms with van der Waals surface area (Å²) in [4.78, 5) is 18.3. The average Bonchev–Trinajstić information content (AvgIpc) is 2.89. The third-order valence-electron chi connectivity index (χ3n) is 3.81. The van der Waals surface area contributed by atoms with Gasteiger partial charge >= 0.3 is 4.87 Å². The van der Waals surface area contributed by atoms with Gasteiger partial charge in [-0.2, -0.15) is 0 Å². The SMILES string of the molecule is CC(C)Oc1ccc(-c2[nH]c(=O)sc2CN2CCNCC2)cc1. The first-order valence-electron chi connectivity index (χ1n) is 8.04. The zero-order chi connectivity index (χ0) is 16.2. The minimum atomic E-state index is 0.00708. The Hall–Kier alpha value is -1.63. The van der Waals surface area contributed by atoms with Gasteiger partial charge < -0.3 is 15.0 Å². The minimum Gasteiger partial charge on any atom is -0.491 e. The van der Waals surface area contributed by atoms with Crippen molar-refractivity contribution in [2.45, 2.75) is 26.5 Å². The van der Waals surface area contributed by atoms with Gasteiger partial charge in [0.1, 0.15) is 5.75 Å². The van der Waals surface area contributed by atoms with E-state index in [1.54, 1.807) is 0 Å². The van der Waals surface area contributed by atoms with Crippen LogP contribution in [0.15, 0.2) is 29.1 Å². The molecule has 124 valence electrons. The lowest BCUT2D eigenvalue weighted by Gasteiger charge is -2.26. The molecule has 0 saturated carbocycles. The van der Waals surface area contributed by atoms with Gasteiger partial charge in [0.2, 0.25) is 0 Å². The van der Waals surface area contributed by atoms with Crippen molar-refractivity contribution in [3.05, 3.63) is 38.8 Å². The molecular weight excluding hydrogens is 310 g/mol. The van der Waals surface area contributed by atoms with Crippen LogP contribution >= 0.6 is 11.3 Å². The van der Waals surface area contributed by atoms with E-state index in [0.29, 0.717) is 0 Å². The quantitative estimate of drug-likeness (QED) is 0.881. The van der Waals surface area contributed by atoms with Crippen molar-refractivity contribution in [2.75, 3.05) is 26.2 Å². The molecule has 3 rings (SSSR count). The molecule has 23 heavy (non-hydrogen) atoms. The number of nitrogens with zero attached hydrogens (tertiary/aromatic N) is 1. The topological polar surface area (TPSA) is 57.4 Å². The van der Waals surface area contributed by atoms with Crippen LogP contribution in [0.3, 0.4) is 0 Å². The second-order valence-corrected chi connectivity index (χ2v) is 7.10. The predicted molar refractivity (Wildman–Crippen MR) is 94.3 cm³/mol. The normalized spacial score (nSPS) is 16.0. The maximum absolute atomic E-state index is 11.8. The highest BCUT2D eigenvalue weighted by Crippen LogP contribution is 2.26. The van der Waals surface area contributed by atoms with E-state index in [4.69, 9.17) is 4.74 Å². The maximum Gasteiger partial charge on any atom is 0.305 e. The van der Waals surface area contributed by atoms with Gasteiger partial charge in [-0.1, -0.05) is 11.3 Å². The Labute approximate surface area is 140 Å². The molecule has 1 aromatic carbocycles. The Kier molecular flexibility index (Phi) is 5.15. The molecule has 2 N–H and O–H groups in total. The van der Waals surface area contributed by atoms with Gasteiger partial charge in [0.25, 0.3) is 0 Å². The number of nitrogens with one attached hydrogen (secondary N) is 2. The number of thiazole rings is 1. The van der Waals surface area contributed by atoms with E-state index in [1.165, 1.54) is 11.3 Å². The number of rotatable bonds is 5. The Bertz CT molecular complexity index is 685. The zero-order valence-electron chi connectivity index (χ0n) is 13.6. The molecule has 0 bridgehead atoms. The molecule has 2 heterocycles. The third-order valence-corrected chi connectivity index (χ3v) is 4.68. The number of aromatic amines is 1. The van der Waals surface area contributed by atoms with Crippen LogP contribution in [-0.2, 0) is 6.54 Å². The number of piperazine rings is 1. The molecule has 1 aliphatic rings. The molecule has 0 atom stereocenters. The van der Waals surface area contributed by atoms with Crippen LogP contribution in [0.1, 0.15) is 18.7 Å². The van der Waals surface area contributed by atoms with E-state index in [-0.39, 0.29) is 11.0 Å². The molecule has 1 aliphatic heterocycles. The molecular formula is C17H23N3O2S. The maximum atomic E-state index is 11.8. The molecule has 0 aliphatic carbocycles. The summed E-state index contributed by atoms with van der Waals surface area (Å²) in [6, 6.07) is 7.94. The molecule has 1 aromatic heterocycles. The first kappa shape index (κ1) is 16.2. The van der Waals surface area contributed by atoms with E-state index >= 15 is 0 Å². The van der Waals surface area contributed by atoms with Gasteiger partial charge in [-0.05, 0) is 43.7 Å². The second-order valence-electron chi connectivity index (χ2n) is 6.03. The molecule has 0 radical (unpaired) electrons. The summed E-state index contributed by atoms with van der Waals surface area (Å²) in [5.41, 5.74) is 1.97. The fraction of sp³-hybridized carbons (Fsp3) is 0.471. The van der Waals surface area contributed by atoms with Crippen LogP contribution in [0.5, 0.6) is 5.75 Å². The molecule has 2 aromatic rings. The van der Waals surface area contributed by atoms with Crippen molar-refractivity contribution in [3.63, 3.8) is 0 Å². The van der Waals surface area contributed by atoms with Crippen LogP contribution < -0.4 is 14.9 Å². The van der Waals surface area contributed by atoms with Crippen molar-refractivity contribution in [3.8, 4) is 17.0 Å². The van der Waals surface area contributed by atoms with E-state index < -0.39 is 0 Å². The smallest absolute Gasteiger partial charge is 0.305 e. The van der Waals surface area contributed by atoms with Crippen LogP contribution in [0.25, 0.3) is 11.3 Å². The van der Waals surface area contributed by atoms with E-state index in [9.17, 15) is 4.79 Å². The lowest BCUT2D eigenvalue weighted by molar-refractivity contribution is 0.235. The summed E-state index contributed by atoms with van der Waals surface area (Å²) in [5.74, 6) is 0.852. The Morgan fingerprint density at radius 3 is 2.57 bits per heavy atom. The van der Waals surface area contributed by atoms with Crippen LogP contribution in [-0.4, -0.2) is 42.2 Å². The van der Waals surface area contributed by atoms with Crippen molar-refractivity contribution >= 4 is 11.3 Å². The van der Waals surface area contributed by atoms with Gasteiger partial charge in [0.05, 0.1) is 11.8 Å². The van der Waals surface area contributed by atoms with Gasteiger partial charge in [-0.15, -0.1) is 0 Å². The molecule has 5 nitrogen and oxygen atoms in total. The number of H-pyrrole nitrogens is 1. The highest BCUT2D eigenvalue weighted by atomic mass is 32.1. The molecule has 1 saturated heterocycles. The van der Waals surface area contributed by atoms with Gasteiger partial charge in [0, 0.05) is 37.6 Å². The summed E-state index contributed by atoms with van der Waals surface area (Å²) >= 11 is 1.31. The lowest BCUT2D eigenvalue weighted by Crippen LogP contribution is -2.42. The van der Waals surface area contributed by atoms with Gasteiger partial charge in [0.15, 0.2) is 0 Å². The lowest BCUT2D eigenvalue weighted by atomic mass is 10.1. The van der Waals surface area contributed by atoms with Crippen molar-refractivity contribution in [2.24, 2.45) is 0 Å². The summed E-state index contributed by atoms with van der Waals surface area (Å²) < 4.78 is 5.68.